The molecule has 0 heterocycles. The summed E-state index contributed by atoms with van der Waals surface area (Å²) >= 11 is 0. The van der Waals surface area contributed by atoms with Crippen molar-refractivity contribution < 1.29 is 0 Å². The molecule has 11 rings (SSSR count). The third-order valence-corrected chi connectivity index (χ3v) is 12.4. The topological polar surface area (TPSA) is 3.24 Å². The van der Waals surface area contributed by atoms with Crippen LogP contribution in [0.25, 0.3) is 76.8 Å². The fraction of sp³-hybridized carbons (Fsp3) is 0.0526. The summed E-state index contributed by atoms with van der Waals surface area (Å²) in [5.74, 6) is 0. The molecule has 1 aliphatic rings. The van der Waals surface area contributed by atoms with Gasteiger partial charge in [-0.1, -0.05) is 196 Å². The van der Waals surface area contributed by atoms with Crippen LogP contribution in [0.3, 0.4) is 0 Å². The molecular formula is C57H41N. The van der Waals surface area contributed by atoms with E-state index in [9.17, 15) is 0 Å². The molecule has 10 aromatic carbocycles. The van der Waals surface area contributed by atoms with E-state index in [1.165, 1.54) is 93.6 Å². The van der Waals surface area contributed by atoms with Crippen LogP contribution in [0.15, 0.2) is 212 Å². The molecule has 0 amide bonds. The molecule has 1 aliphatic carbocycles. The minimum Gasteiger partial charge on any atom is -0.309 e. The molecular weight excluding hydrogens is 699 g/mol. The number of benzene rings is 10. The van der Waals surface area contributed by atoms with Crippen molar-refractivity contribution >= 4 is 49.4 Å². The molecule has 0 unspecified atom stereocenters. The van der Waals surface area contributed by atoms with Gasteiger partial charge in [-0.25, -0.2) is 0 Å². The monoisotopic (exact) mass is 739 g/mol. The van der Waals surface area contributed by atoms with Crippen LogP contribution >= 0.6 is 0 Å². The van der Waals surface area contributed by atoms with Crippen molar-refractivity contribution in [2.75, 3.05) is 4.90 Å². The average Bonchev–Trinajstić information content (AvgIpc) is 3.52. The molecule has 0 saturated carbocycles. The van der Waals surface area contributed by atoms with Crippen molar-refractivity contribution in [1.82, 2.24) is 0 Å². The minimum atomic E-state index is -0.148. The molecule has 58 heavy (non-hydrogen) atoms. The average molecular weight is 740 g/mol. The number of fused-ring (bicyclic) bond motifs is 7. The number of anilines is 3. The van der Waals surface area contributed by atoms with Crippen molar-refractivity contribution in [3.05, 3.63) is 223 Å². The highest BCUT2D eigenvalue weighted by molar-refractivity contribution is 6.24. The minimum absolute atomic E-state index is 0.148. The second-order valence-corrected chi connectivity index (χ2v) is 16.1. The zero-order valence-corrected chi connectivity index (χ0v) is 32.7. The lowest BCUT2D eigenvalue weighted by Gasteiger charge is -2.32. The number of hydrogen-bond acceptors (Lipinski definition) is 1. The summed E-state index contributed by atoms with van der Waals surface area (Å²) in [4.78, 5) is 2.54. The van der Waals surface area contributed by atoms with Crippen LogP contribution in [0.4, 0.5) is 17.1 Å². The van der Waals surface area contributed by atoms with Gasteiger partial charge in [-0.3, -0.25) is 0 Å². The predicted molar refractivity (Wildman–Crippen MR) is 248 cm³/mol. The predicted octanol–water partition coefficient (Wildman–Crippen LogP) is 15.9. The van der Waals surface area contributed by atoms with E-state index in [1.807, 2.05) is 0 Å². The second kappa shape index (κ2) is 13.5. The summed E-state index contributed by atoms with van der Waals surface area (Å²) in [6, 6.07) is 78.3. The maximum absolute atomic E-state index is 2.54. The third kappa shape index (κ3) is 5.39. The van der Waals surface area contributed by atoms with Crippen molar-refractivity contribution in [2.24, 2.45) is 0 Å². The van der Waals surface area contributed by atoms with Crippen LogP contribution in [-0.4, -0.2) is 0 Å². The van der Waals surface area contributed by atoms with Crippen molar-refractivity contribution in [3.8, 4) is 44.5 Å². The van der Waals surface area contributed by atoms with Crippen LogP contribution in [-0.2, 0) is 5.41 Å². The molecule has 0 bridgehead atoms. The Morgan fingerprint density at radius 1 is 0.328 bits per heavy atom. The molecule has 0 saturated heterocycles. The van der Waals surface area contributed by atoms with Gasteiger partial charge < -0.3 is 4.90 Å². The van der Waals surface area contributed by atoms with Crippen LogP contribution < -0.4 is 4.90 Å². The molecule has 0 N–H and O–H groups in total. The summed E-state index contributed by atoms with van der Waals surface area (Å²) in [5, 5.41) is 7.42. The summed E-state index contributed by atoms with van der Waals surface area (Å²) in [6.07, 6.45) is 0. The highest BCUT2D eigenvalue weighted by Gasteiger charge is 2.36. The van der Waals surface area contributed by atoms with Gasteiger partial charge in [0.15, 0.2) is 0 Å². The number of hydrogen-bond donors (Lipinski definition) is 0. The number of nitrogens with zero attached hydrogens (tertiary/aromatic N) is 1. The van der Waals surface area contributed by atoms with Crippen molar-refractivity contribution in [3.63, 3.8) is 0 Å². The molecule has 274 valence electrons. The van der Waals surface area contributed by atoms with Gasteiger partial charge in [-0.05, 0) is 107 Å². The van der Waals surface area contributed by atoms with E-state index in [0.717, 1.165) is 11.4 Å². The first-order valence-electron chi connectivity index (χ1n) is 20.3. The smallest absolute Gasteiger partial charge is 0.0625 e. The molecule has 0 radical (unpaired) electrons. The Labute approximate surface area is 340 Å². The van der Waals surface area contributed by atoms with E-state index in [2.05, 4.69) is 231 Å². The van der Waals surface area contributed by atoms with E-state index in [1.54, 1.807) is 0 Å². The Kier molecular flexibility index (Phi) is 7.91. The lowest BCUT2D eigenvalue weighted by molar-refractivity contribution is 0.660. The maximum Gasteiger partial charge on any atom is 0.0625 e. The Bertz CT molecular complexity index is 3180. The lowest BCUT2D eigenvalue weighted by Crippen LogP contribution is -2.17. The Hall–Kier alpha value is -7.22. The summed E-state index contributed by atoms with van der Waals surface area (Å²) in [6.45, 7) is 4.74. The van der Waals surface area contributed by atoms with Crippen molar-refractivity contribution in [1.29, 1.82) is 0 Å². The van der Waals surface area contributed by atoms with Crippen LogP contribution in [0.2, 0.25) is 0 Å². The first-order valence-corrected chi connectivity index (χ1v) is 20.3. The van der Waals surface area contributed by atoms with Crippen LogP contribution in [0, 0.1) is 0 Å². The van der Waals surface area contributed by atoms with E-state index in [0.29, 0.717) is 0 Å². The Morgan fingerprint density at radius 3 is 1.62 bits per heavy atom. The normalized spacial score (nSPS) is 12.8. The van der Waals surface area contributed by atoms with E-state index < -0.39 is 0 Å². The van der Waals surface area contributed by atoms with Crippen LogP contribution in [0.1, 0.15) is 25.0 Å². The van der Waals surface area contributed by atoms with Gasteiger partial charge in [0.1, 0.15) is 0 Å². The van der Waals surface area contributed by atoms with E-state index in [-0.39, 0.29) is 5.41 Å². The molecule has 0 aliphatic heterocycles. The quantitative estimate of drug-likeness (QED) is 0.154. The fourth-order valence-corrected chi connectivity index (χ4v) is 9.62. The zero-order valence-electron chi connectivity index (χ0n) is 32.7. The van der Waals surface area contributed by atoms with E-state index >= 15 is 0 Å². The van der Waals surface area contributed by atoms with Gasteiger partial charge in [0.2, 0.25) is 0 Å². The molecule has 0 aromatic heterocycles. The standard InChI is InChI=1S/C57H41N/c1-57(2)53-29-13-12-25-48(53)49-35-34-44(37-54(49)57)58(43-32-30-39(31-33-43)42-21-14-20-41(36-42)38-16-4-3-5-17-38)56-52-27-11-9-24-47(52)46-23-8-10-26-51(46)55(56)50-28-15-19-40-18-6-7-22-45(40)50/h3-37H,1-2H3. The molecule has 1 nitrogen and oxygen atoms in total. The van der Waals surface area contributed by atoms with Gasteiger partial charge in [0.05, 0.1) is 5.69 Å². The van der Waals surface area contributed by atoms with Gasteiger partial charge in [-0.15, -0.1) is 0 Å². The van der Waals surface area contributed by atoms with E-state index in [4.69, 9.17) is 0 Å². The third-order valence-electron chi connectivity index (χ3n) is 12.4. The SMILES string of the molecule is CC1(C)c2ccccc2-c2ccc(N(c3ccc(-c4cccc(-c5ccccc5)c4)cc3)c3c(-c4cccc5ccccc45)c4ccccc4c4ccccc34)cc21. The second-order valence-electron chi connectivity index (χ2n) is 16.1. The van der Waals surface area contributed by atoms with Gasteiger partial charge in [0.25, 0.3) is 0 Å². The molecule has 1 heteroatoms. The largest absolute Gasteiger partial charge is 0.309 e. The molecule has 0 fully saturated rings. The fourth-order valence-electron chi connectivity index (χ4n) is 9.62. The summed E-state index contributed by atoms with van der Waals surface area (Å²) in [7, 11) is 0. The van der Waals surface area contributed by atoms with Gasteiger partial charge in [0, 0.05) is 27.7 Å². The number of rotatable bonds is 6. The first kappa shape index (κ1) is 34.1. The lowest BCUT2D eigenvalue weighted by atomic mass is 9.82. The van der Waals surface area contributed by atoms with Gasteiger partial charge in [-0.2, -0.15) is 0 Å². The highest BCUT2D eigenvalue weighted by atomic mass is 15.1. The molecule has 10 aromatic rings. The van der Waals surface area contributed by atoms with Gasteiger partial charge >= 0.3 is 0 Å². The first-order chi connectivity index (χ1) is 28.5. The molecule has 0 spiro atoms. The summed E-state index contributed by atoms with van der Waals surface area (Å²) < 4.78 is 0. The molecule has 0 atom stereocenters. The zero-order chi connectivity index (χ0) is 38.8. The van der Waals surface area contributed by atoms with Crippen molar-refractivity contribution in [2.45, 2.75) is 19.3 Å². The highest BCUT2D eigenvalue weighted by Crippen LogP contribution is 2.54. The van der Waals surface area contributed by atoms with Crippen LogP contribution in [0.5, 0.6) is 0 Å². The Morgan fingerprint density at radius 2 is 0.845 bits per heavy atom. The summed E-state index contributed by atoms with van der Waals surface area (Å²) in [5.41, 5.74) is 15.9. The Balaban J connectivity index is 1.20. The maximum atomic E-state index is 2.54.